The summed E-state index contributed by atoms with van der Waals surface area (Å²) in [5.74, 6) is 0. The van der Waals surface area contributed by atoms with E-state index >= 15 is 0 Å². The van der Waals surface area contributed by atoms with Crippen LogP contribution in [-0.2, 0) is 10.0 Å². The largest absolute Gasteiger partial charge is 0.351 e. The zero-order valence-corrected chi connectivity index (χ0v) is 13.2. The fourth-order valence-corrected chi connectivity index (χ4v) is 4.86. The van der Waals surface area contributed by atoms with E-state index in [1.54, 1.807) is 29.6 Å². The van der Waals surface area contributed by atoms with Crippen molar-refractivity contribution in [3.63, 3.8) is 0 Å². The number of carbonyl (C=O) groups excluding carboxylic acids is 1. The smallest absolute Gasteiger partial charge is 0.316 e. The number of carbonyl (C=O) groups is 1. The Kier molecular flexibility index (Phi) is 4.31. The molecule has 2 aromatic rings. The van der Waals surface area contributed by atoms with Crippen LogP contribution in [0.1, 0.15) is 0 Å². The minimum Gasteiger partial charge on any atom is -0.351 e. The summed E-state index contributed by atoms with van der Waals surface area (Å²) in [5, 5.41) is 4.04. The highest BCUT2D eigenvalue weighted by Crippen LogP contribution is 2.29. The maximum absolute atomic E-state index is 12.2. The number of primary amides is 1. The normalized spacial score (nSPS) is 11.1. The summed E-state index contributed by atoms with van der Waals surface area (Å²) >= 11 is 4.28. The molecule has 0 aliphatic heterocycles. The standard InChI is InChI=1S/C11H10BrN3O3S2/c12-9-4-5-19-10(9)20(17,18)15-8-3-1-2-7(6-8)14-11(13)16/h1-6,15H,(H3,13,14,16). The summed E-state index contributed by atoms with van der Waals surface area (Å²) < 4.78 is 27.5. The van der Waals surface area contributed by atoms with Crippen LogP contribution in [0.2, 0.25) is 0 Å². The van der Waals surface area contributed by atoms with Crippen LogP contribution in [0.25, 0.3) is 0 Å². The second-order valence-corrected chi connectivity index (χ2v) is 7.38. The molecule has 0 unspecified atom stereocenters. The van der Waals surface area contributed by atoms with Crippen LogP contribution < -0.4 is 15.8 Å². The van der Waals surface area contributed by atoms with Gasteiger partial charge in [0.2, 0.25) is 0 Å². The van der Waals surface area contributed by atoms with Gasteiger partial charge >= 0.3 is 6.03 Å². The lowest BCUT2D eigenvalue weighted by Crippen LogP contribution is -2.19. The molecule has 0 saturated carbocycles. The van der Waals surface area contributed by atoms with E-state index < -0.39 is 16.1 Å². The number of nitrogens with one attached hydrogen (secondary N) is 2. The van der Waals surface area contributed by atoms with Crippen LogP contribution in [0.15, 0.2) is 44.4 Å². The summed E-state index contributed by atoms with van der Waals surface area (Å²) in [6.07, 6.45) is 0. The molecule has 0 atom stereocenters. The number of nitrogens with two attached hydrogens (primary N) is 1. The molecule has 20 heavy (non-hydrogen) atoms. The van der Waals surface area contributed by atoms with Crippen molar-refractivity contribution in [2.24, 2.45) is 5.73 Å². The van der Waals surface area contributed by atoms with Crippen molar-refractivity contribution >= 4 is 54.7 Å². The summed E-state index contributed by atoms with van der Waals surface area (Å²) in [6.45, 7) is 0. The summed E-state index contributed by atoms with van der Waals surface area (Å²) in [6, 6.07) is 7.20. The van der Waals surface area contributed by atoms with E-state index in [4.69, 9.17) is 5.73 Å². The number of hydrogen-bond donors (Lipinski definition) is 3. The first-order chi connectivity index (χ1) is 9.38. The van der Waals surface area contributed by atoms with Crippen LogP contribution >= 0.6 is 27.3 Å². The van der Waals surface area contributed by atoms with Crippen molar-refractivity contribution in [2.75, 3.05) is 10.0 Å². The Morgan fingerprint density at radius 1 is 1.25 bits per heavy atom. The van der Waals surface area contributed by atoms with E-state index in [9.17, 15) is 13.2 Å². The average molecular weight is 376 g/mol. The van der Waals surface area contributed by atoms with Crippen molar-refractivity contribution in [3.05, 3.63) is 40.2 Å². The number of halogens is 1. The van der Waals surface area contributed by atoms with Crippen LogP contribution in [0.4, 0.5) is 16.2 Å². The Morgan fingerprint density at radius 3 is 2.55 bits per heavy atom. The molecule has 4 N–H and O–H groups in total. The number of hydrogen-bond acceptors (Lipinski definition) is 4. The molecular formula is C11H10BrN3O3S2. The second kappa shape index (κ2) is 5.81. The van der Waals surface area contributed by atoms with Crippen LogP contribution in [-0.4, -0.2) is 14.4 Å². The first-order valence-electron chi connectivity index (χ1n) is 5.31. The fourth-order valence-electron chi connectivity index (χ4n) is 1.48. The summed E-state index contributed by atoms with van der Waals surface area (Å²) in [5.41, 5.74) is 5.74. The number of thiophene rings is 1. The van der Waals surface area contributed by atoms with Gasteiger partial charge in [-0.25, -0.2) is 13.2 Å². The van der Waals surface area contributed by atoms with E-state index in [0.29, 0.717) is 15.8 Å². The van der Waals surface area contributed by atoms with E-state index in [-0.39, 0.29) is 4.21 Å². The molecule has 1 heterocycles. The molecule has 0 fully saturated rings. The molecule has 6 nitrogen and oxygen atoms in total. The van der Waals surface area contributed by atoms with Crippen LogP contribution in [0.5, 0.6) is 0 Å². The molecule has 0 aliphatic carbocycles. The van der Waals surface area contributed by atoms with Gasteiger partial charge in [0.05, 0.1) is 5.69 Å². The first kappa shape index (κ1) is 14.8. The lowest BCUT2D eigenvalue weighted by atomic mass is 10.3. The SMILES string of the molecule is NC(=O)Nc1cccc(NS(=O)(=O)c2sccc2Br)c1. The molecule has 1 aromatic carbocycles. The molecule has 0 saturated heterocycles. The number of sulfonamides is 1. The Balaban J connectivity index is 2.26. The molecule has 0 spiro atoms. The van der Waals surface area contributed by atoms with Gasteiger partial charge in [-0.05, 0) is 45.6 Å². The van der Waals surface area contributed by atoms with Gasteiger partial charge in [0, 0.05) is 10.2 Å². The third kappa shape index (κ3) is 3.50. The maximum Gasteiger partial charge on any atom is 0.316 e. The summed E-state index contributed by atoms with van der Waals surface area (Å²) in [4.78, 5) is 10.8. The van der Waals surface area contributed by atoms with Gasteiger partial charge in [0.1, 0.15) is 0 Å². The minimum atomic E-state index is -3.67. The molecule has 1 aromatic heterocycles. The lowest BCUT2D eigenvalue weighted by Gasteiger charge is -2.08. The fraction of sp³-hybridized carbons (Fsp3) is 0. The quantitative estimate of drug-likeness (QED) is 0.765. The molecule has 0 bridgehead atoms. The number of urea groups is 1. The van der Waals surface area contributed by atoms with Crippen molar-refractivity contribution in [3.8, 4) is 0 Å². The molecule has 2 rings (SSSR count). The molecule has 2 amide bonds. The van der Waals surface area contributed by atoms with Gasteiger partial charge in [-0.3, -0.25) is 4.72 Å². The predicted octanol–water partition coefficient (Wildman–Crippen LogP) is 2.80. The Hall–Kier alpha value is -1.58. The number of rotatable bonds is 4. The van der Waals surface area contributed by atoms with E-state index in [1.807, 2.05) is 0 Å². The molecular weight excluding hydrogens is 366 g/mol. The first-order valence-corrected chi connectivity index (χ1v) is 8.46. The Morgan fingerprint density at radius 2 is 1.95 bits per heavy atom. The predicted molar refractivity (Wildman–Crippen MR) is 82.5 cm³/mol. The molecule has 9 heteroatoms. The van der Waals surface area contributed by atoms with Gasteiger partial charge in [0.25, 0.3) is 10.0 Å². The molecule has 0 aliphatic rings. The van der Waals surface area contributed by atoms with Crippen molar-refractivity contribution < 1.29 is 13.2 Å². The van der Waals surface area contributed by atoms with Gasteiger partial charge in [-0.2, -0.15) is 0 Å². The Bertz CT molecular complexity index is 743. The highest BCUT2D eigenvalue weighted by Gasteiger charge is 2.19. The molecule has 0 radical (unpaired) electrons. The highest BCUT2D eigenvalue weighted by molar-refractivity contribution is 9.10. The van der Waals surface area contributed by atoms with Gasteiger partial charge in [0.15, 0.2) is 4.21 Å². The van der Waals surface area contributed by atoms with Crippen LogP contribution in [0.3, 0.4) is 0 Å². The zero-order chi connectivity index (χ0) is 14.8. The van der Waals surface area contributed by atoms with E-state index in [2.05, 4.69) is 26.0 Å². The Labute approximate surface area is 128 Å². The van der Waals surface area contributed by atoms with E-state index in [0.717, 1.165) is 11.3 Å². The summed E-state index contributed by atoms with van der Waals surface area (Å²) in [7, 11) is -3.67. The lowest BCUT2D eigenvalue weighted by molar-refractivity contribution is 0.259. The number of benzene rings is 1. The van der Waals surface area contributed by atoms with Gasteiger partial charge in [-0.15, -0.1) is 11.3 Å². The molecule has 106 valence electrons. The van der Waals surface area contributed by atoms with Crippen molar-refractivity contribution in [1.82, 2.24) is 0 Å². The second-order valence-electron chi connectivity index (χ2n) is 3.73. The van der Waals surface area contributed by atoms with Crippen molar-refractivity contribution in [1.29, 1.82) is 0 Å². The average Bonchev–Trinajstić information content (AvgIpc) is 2.75. The maximum atomic E-state index is 12.2. The number of anilines is 2. The van der Waals surface area contributed by atoms with Crippen molar-refractivity contribution in [2.45, 2.75) is 4.21 Å². The van der Waals surface area contributed by atoms with Gasteiger partial charge < -0.3 is 11.1 Å². The monoisotopic (exact) mass is 375 g/mol. The number of amides is 2. The minimum absolute atomic E-state index is 0.186. The zero-order valence-electron chi connectivity index (χ0n) is 9.96. The van der Waals surface area contributed by atoms with Crippen LogP contribution in [0, 0.1) is 0 Å². The van der Waals surface area contributed by atoms with E-state index in [1.165, 1.54) is 6.07 Å². The highest BCUT2D eigenvalue weighted by atomic mass is 79.9. The van der Waals surface area contributed by atoms with Gasteiger partial charge in [-0.1, -0.05) is 6.07 Å². The third-order valence-electron chi connectivity index (χ3n) is 2.21. The third-order valence-corrected chi connectivity index (χ3v) is 6.26. The topological polar surface area (TPSA) is 101 Å².